The van der Waals surface area contributed by atoms with Crippen molar-refractivity contribution in [3.63, 3.8) is 0 Å². The number of pyridine rings is 1. The number of halogens is 2. The number of methoxy groups -OCH3 is 1. The number of rotatable bonds is 3. The van der Waals surface area contributed by atoms with Crippen LogP contribution in [0.25, 0.3) is 0 Å². The number of H-pyrrole nitrogens is 1. The summed E-state index contributed by atoms with van der Waals surface area (Å²) in [6, 6.07) is 2.79. The SMILES string of the molecule is COc1[nH]c(=O)c(C(F)F)cc1CC#N. The molecule has 4 nitrogen and oxygen atoms in total. The van der Waals surface area contributed by atoms with Crippen LogP contribution in [-0.2, 0) is 6.42 Å². The van der Waals surface area contributed by atoms with Crippen molar-refractivity contribution >= 4 is 0 Å². The van der Waals surface area contributed by atoms with Gasteiger partial charge in [-0.15, -0.1) is 0 Å². The van der Waals surface area contributed by atoms with Crippen LogP contribution in [0, 0.1) is 11.3 Å². The molecule has 0 amide bonds. The number of hydrogen-bond donors (Lipinski definition) is 1. The van der Waals surface area contributed by atoms with Gasteiger partial charge in [-0.2, -0.15) is 5.26 Å². The molecule has 0 radical (unpaired) electrons. The van der Waals surface area contributed by atoms with Gasteiger partial charge in [0.2, 0.25) is 0 Å². The maximum atomic E-state index is 12.3. The first-order chi connectivity index (χ1) is 7.10. The molecule has 0 aromatic carbocycles. The highest BCUT2D eigenvalue weighted by atomic mass is 19.3. The number of alkyl halides is 2. The highest BCUT2D eigenvalue weighted by molar-refractivity contribution is 5.32. The fraction of sp³-hybridized carbons (Fsp3) is 0.333. The van der Waals surface area contributed by atoms with E-state index in [-0.39, 0.29) is 17.9 Å². The molecule has 0 bridgehead atoms. The van der Waals surface area contributed by atoms with Gasteiger partial charge in [0.05, 0.1) is 25.2 Å². The quantitative estimate of drug-likeness (QED) is 0.826. The number of aromatic amines is 1. The predicted molar refractivity (Wildman–Crippen MR) is 47.9 cm³/mol. The minimum atomic E-state index is -2.86. The minimum Gasteiger partial charge on any atom is -0.482 e. The topological polar surface area (TPSA) is 65.9 Å². The van der Waals surface area contributed by atoms with E-state index in [2.05, 4.69) is 4.98 Å². The lowest BCUT2D eigenvalue weighted by molar-refractivity contribution is 0.149. The highest BCUT2D eigenvalue weighted by Crippen LogP contribution is 2.20. The molecule has 0 saturated carbocycles. The summed E-state index contributed by atoms with van der Waals surface area (Å²) in [4.78, 5) is 13.2. The fourth-order valence-electron chi connectivity index (χ4n) is 1.14. The molecule has 0 fully saturated rings. The zero-order valence-corrected chi connectivity index (χ0v) is 7.88. The van der Waals surface area contributed by atoms with E-state index in [0.29, 0.717) is 0 Å². The summed E-state index contributed by atoms with van der Waals surface area (Å²) in [6.45, 7) is 0. The number of hydrogen-bond acceptors (Lipinski definition) is 3. The second-order valence-corrected chi connectivity index (χ2v) is 2.75. The Morgan fingerprint density at radius 3 is 2.80 bits per heavy atom. The summed E-state index contributed by atoms with van der Waals surface area (Å²) in [5.74, 6) is 0.0472. The summed E-state index contributed by atoms with van der Waals surface area (Å²) in [7, 11) is 1.29. The Morgan fingerprint density at radius 1 is 1.67 bits per heavy atom. The molecule has 0 spiro atoms. The lowest BCUT2D eigenvalue weighted by atomic mass is 10.1. The smallest absolute Gasteiger partial charge is 0.269 e. The van der Waals surface area contributed by atoms with Crippen LogP contribution in [0.15, 0.2) is 10.9 Å². The maximum Gasteiger partial charge on any atom is 0.269 e. The van der Waals surface area contributed by atoms with Gasteiger partial charge in [0.15, 0.2) is 5.88 Å². The summed E-state index contributed by atoms with van der Waals surface area (Å²) in [5.41, 5.74) is -1.31. The van der Waals surface area contributed by atoms with Crippen molar-refractivity contribution in [2.45, 2.75) is 12.8 Å². The summed E-state index contributed by atoms with van der Waals surface area (Å²) in [5, 5.41) is 8.45. The molecule has 1 aromatic heterocycles. The third-order valence-electron chi connectivity index (χ3n) is 1.82. The van der Waals surface area contributed by atoms with Gasteiger partial charge in [-0.1, -0.05) is 0 Å². The van der Waals surface area contributed by atoms with Gasteiger partial charge in [0.25, 0.3) is 12.0 Å². The van der Waals surface area contributed by atoms with E-state index in [4.69, 9.17) is 10.00 Å². The normalized spacial score (nSPS) is 10.1. The predicted octanol–water partition coefficient (Wildman–Crippen LogP) is 1.39. The minimum absolute atomic E-state index is 0.0472. The summed E-state index contributed by atoms with van der Waals surface area (Å²) < 4.78 is 29.4. The zero-order chi connectivity index (χ0) is 11.4. The van der Waals surface area contributed by atoms with Gasteiger partial charge in [0.1, 0.15) is 0 Å². The molecule has 15 heavy (non-hydrogen) atoms. The van der Waals surface area contributed by atoms with Gasteiger partial charge in [0, 0.05) is 5.56 Å². The Hall–Kier alpha value is -1.90. The third-order valence-corrected chi connectivity index (χ3v) is 1.82. The first-order valence-corrected chi connectivity index (χ1v) is 4.05. The monoisotopic (exact) mass is 214 g/mol. The van der Waals surface area contributed by atoms with Gasteiger partial charge in [-0.25, -0.2) is 8.78 Å². The molecule has 0 aliphatic rings. The molecular weight excluding hydrogens is 206 g/mol. The van der Waals surface area contributed by atoms with Crippen LogP contribution in [0.5, 0.6) is 5.88 Å². The van der Waals surface area contributed by atoms with Crippen LogP contribution >= 0.6 is 0 Å². The fourth-order valence-corrected chi connectivity index (χ4v) is 1.14. The van der Waals surface area contributed by atoms with E-state index in [0.717, 1.165) is 6.07 Å². The van der Waals surface area contributed by atoms with E-state index in [9.17, 15) is 13.6 Å². The molecule has 1 rings (SSSR count). The van der Waals surface area contributed by atoms with Crippen LogP contribution in [-0.4, -0.2) is 12.1 Å². The second kappa shape index (κ2) is 4.55. The average Bonchev–Trinajstić information content (AvgIpc) is 2.20. The van der Waals surface area contributed by atoms with E-state index in [1.165, 1.54) is 7.11 Å². The largest absolute Gasteiger partial charge is 0.482 e. The third kappa shape index (κ3) is 2.31. The van der Waals surface area contributed by atoms with Crippen molar-refractivity contribution in [1.29, 1.82) is 5.26 Å². The molecule has 0 aliphatic heterocycles. The van der Waals surface area contributed by atoms with Crippen molar-refractivity contribution in [2.24, 2.45) is 0 Å². The van der Waals surface area contributed by atoms with Crippen molar-refractivity contribution in [1.82, 2.24) is 4.98 Å². The van der Waals surface area contributed by atoms with E-state index < -0.39 is 17.5 Å². The lowest BCUT2D eigenvalue weighted by Gasteiger charge is -2.06. The van der Waals surface area contributed by atoms with Gasteiger partial charge >= 0.3 is 0 Å². The van der Waals surface area contributed by atoms with Crippen molar-refractivity contribution in [3.8, 4) is 11.9 Å². The van der Waals surface area contributed by atoms with Crippen molar-refractivity contribution in [3.05, 3.63) is 27.5 Å². The van der Waals surface area contributed by atoms with Crippen LogP contribution in [0.3, 0.4) is 0 Å². The van der Waals surface area contributed by atoms with Crippen LogP contribution < -0.4 is 10.3 Å². The Labute approximate surface area is 84.1 Å². The zero-order valence-electron chi connectivity index (χ0n) is 7.88. The number of nitriles is 1. The van der Waals surface area contributed by atoms with Crippen LogP contribution in [0.2, 0.25) is 0 Å². The molecule has 80 valence electrons. The molecule has 6 heteroatoms. The van der Waals surface area contributed by atoms with E-state index in [1.807, 2.05) is 0 Å². The van der Waals surface area contributed by atoms with Gasteiger partial charge in [-0.05, 0) is 6.07 Å². The first-order valence-electron chi connectivity index (χ1n) is 4.05. The first kappa shape index (κ1) is 11.2. The molecule has 0 unspecified atom stereocenters. The van der Waals surface area contributed by atoms with Crippen molar-refractivity contribution in [2.75, 3.05) is 7.11 Å². The lowest BCUT2D eigenvalue weighted by Crippen LogP contribution is -2.15. The van der Waals surface area contributed by atoms with Gasteiger partial charge in [-0.3, -0.25) is 9.78 Å². The molecule has 0 atom stereocenters. The van der Waals surface area contributed by atoms with Gasteiger partial charge < -0.3 is 4.74 Å². The number of nitrogens with one attached hydrogen (secondary N) is 1. The molecule has 0 aliphatic carbocycles. The standard InChI is InChI=1S/C9H8F2N2O2/c1-15-9-5(2-3-12)4-6(7(10)11)8(14)13-9/h4,7H,2H2,1H3,(H,13,14). The Kier molecular flexibility index (Phi) is 3.39. The molecular formula is C9H8F2N2O2. The van der Waals surface area contributed by atoms with Crippen LogP contribution in [0.4, 0.5) is 8.78 Å². The number of aromatic nitrogens is 1. The molecule has 0 saturated heterocycles. The van der Waals surface area contributed by atoms with Crippen LogP contribution in [0.1, 0.15) is 17.6 Å². The van der Waals surface area contributed by atoms with E-state index in [1.54, 1.807) is 6.07 Å². The number of nitrogens with zero attached hydrogens (tertiary/aromatic N) is 1. The Bertz CT molecular complexity index is 448. The number of ether oxygens (including phenoxy) is 1. The molecule has 1 N–H and O–H groups in total. The summed E-state index contributed by atoms with van der Waals surface area (Å²) in [6.07, 6.45) is -2.96. The molecule has 1 heterocycles. The van der Waals surface area contributed by atoms with E-state index >= 15 is 0 Å². The maximum absolute atomic E-state index is 12.3. The van der Waals surface area contributed by atoms with Crippen molar-refractivity contribution < 1.29 is 13.5 Å². The second-order valence-electron chi connectivity index (χ2n) is 2.75. The highest BCUT2D eigenvalue weighted by Gasteiger charge is 2.15. The average molecular weight is 214 g/mol. The Balaban J connectivity index is 3.31. The Morgan fingerprint density at radius 2 is 2.33 bits per heavy atom. The molecule has 1 aromatic rings. The summed E-state index contributed by atoms with van der Waals surface area (Å²) >= 11 is 0.